The number of hydrogen-bond acceptors (Lipinski definition) is 0. The van der Waals surface area contributed by atoms with Gasteiger partial charge in [0.05, 0.1) is 0 Å². The molecule has 0 N–H and O–H groups in total. The first-order valence-corrected chi connectivity index (χ1v) is 11.4. The molecule has 0 aromatic heterocycles. The second kappa shape index (κ2) is 14.2. The van der Waals surface area contributed by atoms with Crippen LogP contribution in [0.4, 0.5) is 13.2 Å². The van der Waals surface area contributed by atoms with Crippen molar-refractivity contribution >= 4 is 22.6 Å². The summed E-state index contributed by atoms with van der Waals surface area (Å²) in [5, 5.41) is 0. The van der Waals surface area contributed by atoms with Crippen LogP contribution in [0.2, 0.25) is 0 Å². The molecule has 4 heteroatoms. The van der Waals surface area contributed by atoms with Gasteiger partial charge in [-0.05, 0) is 46.7 Å². The SMILES string of the molecule is CC.CC.CI.Cc1ccc(-c2ccc(-c3cc(F)cc(F)c3)c(F)c2)cc1. The van der Waals surface area contributed by atoms with Crippen molar-refractivity contribution in [1.29, 1.82) is 0 Å². The lowest BCUT2D eigenvalue weighted by molar-refractivity contribution is 0.583. The van der Waals surface area contributed by atoms with E-state index in [2.05, 4.69) is 22.6 Å². The molecule has 0 radical (unpaired) electrons. The van der Waals surface area contributed by atoms with Crippen molar-refractivity contribution < 1.29 is 13.2 Å². The van der Waals surface area contributed by atoms with Crippen molar-refractivity contribution in [3.05, 3.63) is 83.7 Å². The maximum absolute atomic E-state index is 14.3. The maximum Gasteiger partial charge on any atom is 0.131 e. The van der Waals surface area contributed by atoms with Crippen LogP contribution in [0.15, 0.2) is 60.7 Å². The Morgan fingerprint density at radius 1 is 0.571 bits per heavy atom. The van der Waals surface area contributed by atoms with Crippen LogP contribution in [-0.2, 0) is 0 Å². The highest BCUT2D eigenvalue weighted by atomic mass is 127. The molecule has 0 spiro atoms. The van der Waals surface area contributed by atoms with E-state index < -0.39 is 17.5 Å². The molecule has 152 valence electrons. The summed E-state index contributed by atoms with van der Waals surface area (Å²) in [5.74, 6) is -1.96. The highest BCUT2D eigenvalue weighted by Gasteiger charge is 2.10. The highest BCUT2D eigenvalue weighted by Crippen LogP contribution is 2.29. The van der Waals surface area contributed by atoms with Crippen LogP contribution in [0.5, 0.6) is 0 Å². The third kappa shape index (κ3) is 7.66. The first kappa shape index (κ1) is 26.2. The van der Waals surface area contributed by atoms with Gasteiger partial charge in [0.2, 0.25) is 0 Å². The third-order valence-electron chi connectivity index (χ3n) is 3.53. The fraction of sp³-hybridized carbons (Fsp3) is 0.250. The van der Waals surface area contributed by atoms with Crippen molar-refractivity contribution in [2.24, 2.45) is 0 Å². The Morgan fingerprint density at radius 2 is 1.04 bits per heavy atom. The Morgan fingerprint density at radius 3 is 1.50 bits per heavy atom. The van der Waals surface area contributed by atoms with Gasteiger partial charge in [0, 0.05) is 11.6 Å². The van der Waals surface area contributed by atoms with E-state index in [1.807, 2.05) is 63.8 Å². The van der Waals surface area contributed by atoms with E-state index in [0.29, 0.717) is 0 Å². The quantitative estimate of drug-likeness (QED) is 0.244. The van der Waals surface area contributed by atoms with Crippen molar-refractivity contribution in [2.75, 3.05) is 4.93 Å². The van der Waals surface area contributed by atoms with Gasteiger partial charge in [0.25, 0.3) is 0 Å². The summed E-state index contributed by atoms with van der Waals surface area (Å²) < 4.78 is 40.8. The van der Waals surface area contributed by atoms with E-state index in [4.69, 9.17) is 0 Å². The minimum Gasteiger partial charge on any atom is -0.207 e. The van der Waals surface area contributed by atoms with Crippen molar-refractivity contribution in [1.82, 2.24) is 0 Å². The smallest absolute Gasteiger partial charge is 0.131 e. The second-order valence-corrected chi connectivity index (χ2v) is 5.22. The van der Waals surface area contributed by atoms with Crippen LogP contribution in [-0.4, -0.2) is 4.93 Å². The molecule has 0 unspecified atom stereocenters. The van der Waals surface area contributed by atoms with Gasteiger partial charge in [-0.15, -0.1) is 0 Å². The van der Waals surface area contributed by atoms with Gasteiger partial charge in [0.1, 0.15) is 17.5 Å². The van der Waals surface area contributed by atoms with Crippen molar-refractivity contribution in [2.45, 2.75) is 34.6 Å². The van der Waals surface area contributed by atoms with Gasteiger partial charge in [-0.3, -0.25) is 0 Å². The zero-order valence-electron chi connectivity index (χ0n) is 17.3. The molecule has 28 heavy (non-hydrogen) atoms. The monoisotopic (exact) mass is 500 g/mol. The van der Waals surface area contributed by atoms with E-state index in [-0.39, 0.29) is 11.1 Å². The Labute approximate surface area is 181 Å². The lowest BCUT2D eigenvalue weighted by atomic mass is 9.99. The Bertz CT molecular complexity index is 808. The number of hydrogen-bond donors (Lipinski definition) is 0. The van der Waals surface area contributed by atoms with Gasteiger partial charge in [-0.2, -0.15) is 0 Å². The maximum atomic E-state index is 14.3. The van der Waals surface area contributed by atoms with Crippen LogP contribution in [0.25, 0.3) is 22.3 Å². The summed E-state index contributed by atoms with van der Waals surface area (Å²) in [7, 11) is 0. The van der Waals surface area contributed by atoms with Crippen LogP contribution in [0.3, 0.4) is 0 Å². The van der Waals surface area contributed by atoms with Gasteiger partial charge >= 0.3 is 0 Å². The first-order valence-electron chi connectivity index (χ1n) is 9.24. The molecule has 0 bridgehead atoms. The molecule has 0 heterocycles. The largest absolute Gasteiger partial charge is 0.207 e. The minimum atomic E-state index is -0.725. The first-order chi connectivity index (χ1) is 13.5. The molecule has 0 aliphatic heterocycles. The normalized spacial score (nSPS) is 9.07. The van der Waals surface area contributed by atoms with Crippen molar-refractivity contribution in [3.8, 4) is 22.3 Å². The average molecular weight is 500 g/mol. The molecule has 3 rings (SSSR count). The molecule has 0 saturated heterocycles. The molecular formula is C24H28F3I. The summed E-state index contributed by atoms with van der Waals surface area (Å²) in [6.07, 6.45) is 0. The van der Waals surface area contributed by atoms with Crippen molar-refractivity contribution in [3.63, 3.8) is 0 Å². The molecule has 3 aromatic rings. The molecule has 0 fully saturated rings. The number of halogens is 4. The fourth-order valence-electron chi connectivity index (χ4n) is 2.38. The van der Waals surface area contributed by atoms with Crippen LogP contribution in [0, 0.1) is 24.4 Å². The number of rotatable bonds is 2. The van der Waals surface area contributed by atoms with Crippen LogP contribution >= 0.6 is 22.6 Å². The van der Waals surface area contributed by atoms with E-state index in [1.54, 1.807) is 12.1 Å². The Kier molecular flexibility index (Phi) is 13.3. The van der Waals surface area contributed by atoms with Gasteiger partial charge < -0.3 is 0 Å². The zero-order valence-corrected chi connectivity index (χ0v) is 19.4. The fourth-order valence-corrected chi connectivity index (χ4v) is 2.38. The van der Waals surface area contributed by atoms with Gasteiger partial charge in [0.15, 0.2) is 0 Å². The molecule has 0 aliphatic carbocycles. The summed E-state index contributed by atoms with van der Waals surface area (Å²) in [6, 6.07) is 15.4. The summed E-state index contributed by atoms with van der Waals surface area (Å²) in [6.45, 7) is 9.98. The molecule has 0 nitrogen and oxygen atoms in total. The molecule has 0 aliphatic rings. The van der Waals surface area contributed by atoms with E-state index >= 15 is 0 Å². The predicted molar refractivity (Wildman–Crippen MR) is 125 cm³/mol. The standard InChI is InChI=1S/C19H13F3.2C2H6.CH3I/c1-12-2-4-13(5-3-12)14-6-7-18(19(22)10-14)15-8-16(20)11-17(21)9-15;3*1-2/h2-11H,1H3;2*1-2H3;1H3. The average Bonchev–Trinajstić information content (AvgIpc) is 2.72. The van der Waals surface area contributed by atoms with E-state index in [0.717, 1.165) is 34.9 Å². The number of aryl methyl sites for hydroxylation is 1. The molecule has 0 amide bonds. The van der Waals surface area contributed by atoms with Crippen LogP contribution < -0.4 is 0 Å². The minimum absolute atomic E-state index is 0.175. The van der Waals surface area contributed by atoms with Gasteiger partial charge in [-0.25, -0.2) is 13.2 Å². The Balaban J connectivity index is 0.00000111. The predicted octanol–water partition coefficient (Wildman–Crippen LogP) is 8.85. The molecule has 0 saturated carbocycles. The second-order valence-electron chi connectivity index (χ2n) is 5.22. The summed E-state index contributed by atoms with van der Waals surface area (Å²) in [4.78, 5) is 1.97. The lowest BCUT2D eigenvalue weighted by Crippen LogP contribution is -1.89. The number of alkyl halides is 1. The Hall–Kier alpha value is -1.82. The molecular weight excluding hydrogens is 472 g/mol. The van der Waals surface area contributed by atoms with Crippen LogP contribution in [0.1, 0.15) is 33.3 Å². The lowest BCUT2D eigenvalue weighted by Gasteiger charge is -2.08. The topological polar surface area (TPSA) is 0 Å². The molecule has 3 aromatic carbocycles. The third-order valence-corrected chi connectivity index (χ3v) is 3.53. The number of benzene rings is 3. The molecule has 0 atom stereocenters. The highest BCUT2D eigenvalue weighted by molar-refractivity contribution is 14.1. The van der Waals surface area contributed by atoms with E-state index in [9.17, 15) is 13.2 Å². The summed E-state index contributed by atoms with van der Waals surface area (Å²) >= 11 is 2.15. The summed E-state index contributed by atoms with van der Waals surface area (Å²) in [5.41, 5.74) is 3.09. The van der Waals surface area contributed by atoms with Gasteiger partial charge in [-0.1, -0.05) is 92.2 Å². The van der Waals surface area contributed by atoms with E-state index in [1.165, 1.54) is 6.07 Å². The zero-order chi connectivity index (χ0) is 21.7.